The summed E-state index contributed by atoms with van der Waals surface area (Å²) in [5.41, 5.74) is 0. The number of allylic oxidation sites excluding steroid dienone is 13. The predicted molar refractivity (Wildman–Crippen MR) is 276 cm³/mol. The third kappa shape index (κ3) is 27.8. The molecule has 2 saturated heterocycles. The molecule has 1 amide bonds. The van der Waals surface area contributed by atoms with E-state index < -0.39 is 86.8 Å². The average Bonchev–Trinajstić information content (AvgIpc) is 3.36. The molecule has 2 aliphatic heterocycles. The molecule has 0 aromatic heterocycles. The highest BCUT2D eigenvalue weighted by Crippen LogP contribution is 2.30. The van der Waals surface area contributed by atoms with Crippen LogP contribution >= 0.6 is 0 Å². The Kier molecular flexibility index (Phi) is 37.6. The Morgan fingerprint density at radius 2 is 0.986 bits per heavy atom. The van der Waals surface area contributed by atoms with Crippen LogP contribution in [-0.2, 0) is 23.7 Å². The molecule has 0 aliphatic carbocycles. The number of ether oxygens (including phenoxy) is 4. The minimum absolute atomic E-state index is 0.254. The zero-order valence-corrected chi connectivity index (χ0v) is 42.7. The van der Waals surface area contributed by atoms with Crippen molar-refractivity contribution in [2.45, 2.75) is 242 Å². The van der Waals surface area contributed by atoms with Gasteiger partial charge in [-0.15, -0.1) is 0 Å². The number of hydrogen-bond acceptors (Lipinski definition) is 13. The zero-order valence-electron chi connectivity index (χ0n) is 42.7. The summed E-state index contributed by atoms with van der Waals surface area (Å²) in [5.74, 6) is -0.254. The number of unbranched alkanes of at least 4 members (excludes halogenated alkanes) is 15. The second-order valence-corrected chi connectivity index (χ2v) is 18.6. The topological polar surface area (TPSA) is 228 Å². The maximum Gasteiger partial charge on any atom is 0.220 e. The van der Waals surface area contributed by atoms with E-state index in [0.29, 0.717) is 6.42 Å². The summed E-state index contributed by atoms with van der Waals surface area (Å²) in [6, 6.07) is -0.918. The van der Waals surface area contributed by atoms with Crippen molar-refractivity contribution in [3.8, 4) is 0 Å². The van der Waals surface area contributed by atoms with Gasteiger partial charge in [-0.05, 0) is 70.6 Å². The van der Waals surface area contributed by atoms with Gasteiger partial charge in [-0.2, -0.15) is 0 Å². The van der Waals surface area contributed by atoms with Crippen LogP contribution in [0.4, 0.5) is 0 Å². The summed E-state index contributed by atoms with van der Waals surface area (Å²) < 4.78 is 22.6. The Hall–Kier alpha value is -2.83. The highest BCUT2D eigenvalue weighted by molar-refractivity contribution is 5.76. The molecule has 2 fully saturated rings. The zero-order chi connectivity index (χ0) is 51.0. The minimum Gasteiger partial charge on any atom is -0.394 e. The van der Waals surface area contributed by atoms with Gasteiger partial charge in [0.25, 0.3) is 0 Å². The van der Waals surface area contributed by atoms with E-state index in [-0.39, 0.29) is 18.9 Å². The molecule has 0 aromatic carbocycles. The number of amides is 1. The highest BCUT2D eigenvalue weighted by Gasteiger charge is 2.51. The van der Waals surface area contributed by atoms with Gasteiger partial charge in [0.2, 0.25) is 5.91 Å². The third-order valence-electron chi connectivity index (χ3n) is 12.6. The molecule has 70 heavy (non-hydrogen) atoms. The van der Waals surface area contributed by atoms with Crippen molar-refractivity contribution in [2.24, 2.45) is 0 Å². The van der Waals surface area contributed by atoms with E-state index in [1.807, 2.05) is 6.08 Å². The van der Waals surface area contributed by atoms with Crippen molar-refractivity contribution < 1.29 is 64.6 Å². The van der Waals surface area contributed by atoms with Crippen molar-refractivity contribution >= 4 is 5.91 Å². The van der Waals surface area contributed by atoms with Gasteiger partial charge < -0.3 is 65.1 Å². The Labute approximate surface area is 420 Å². The molecule has 0 radical (unpaired) electrons. The molecule has 14 heteroatoms. The van der Waals surface area contributed by atoms with Crippen molar-refractivity contribution in [3.05, 3.63) is 85.1 Å². The summed E-state index contributed by atoms with van der Waals surface area (Å²) in [5, 5.41) is 86.5. The summed E-state index contributed by atoms with van der Waals surface area (Å²) in [6.07, 6.45) is 38.0. The van der Waals surface area contributed by atoms with Crippen LogP contribution in [0.3, 0.4) is 0 Å². The fraction of sp³-hybridized carbons (Fsp3) is 0.732. The van der Waals surface area contributed by atoms with Crippen molar-refractivity contribution in [2.75, 3.05) is 19.8 Å². The smallest absolute Gasteiger partial charge is 0.220 e. The van der Waals surface area contributed by atoms with Crippen LogP contribution in [0.5, 0.6) is 0 Å². The lowest BCUT2D eigenvalue weighted by atomic mass is 9.97. The lowest BCUT2D eigenvalue weighted by molar-refractivity contribution is -0.359. The van der Waals surface area contributed by atoms with Gasteiger partial charge in [0.1, 0.15) is 48.8 Å². The number of aliphatic hydroxyl groups excluding tert-OH is 8. The van der Waals surface area contributed by atoms with Crippen molar-refractivity contribution in [1.29, 1.82) is 0 Å². The predicted octanol–water partition coefficient (Wildman–Crippen LogP) is 7.77. The molecule has 0 aromatic rings. The quantitative estimate of drug-likeness (QED) is 0.0212. The summed E-state index contributed by atoms with van der Waals surface area (Å²) in [6.45, 7) is 2.58. The maximum atomic E-state index is 13.1. The molecule has 2 aliphatic rings. The number of carbonyl (C=O) groups excluding carboxylic acids is 1. The third-order valence-corrected chi connectivity index (χ3v) is 12.6. The van der Waals surface area contributed by atoms with Crippen LogP contribution in [0.25, 0.3) is 0 Å². The standard InChI is InChI=1S/C56H95NO13/c1-3-5-7-9-11-12-13-14-15-16-17-18-19-20-21-22-23-24-25-26-27-28-29-30-31-32-34-36-38-40-48(61)57-44(45(60)39-37-35-33-10-8-6-4-2)43-67-55-53(66)51(64)54(47(42-59)69-55)70-56-52(65)50(63)49(62)46(41-58)68-56/h5,7,11-12,14-15,17-18,20-21,23-24,37,39,44-47,49-56,58-60,62-66H,3-4,6,8-10,13,16,19,22,25-36,38,40-43H2,1-2H3,(H,57,61)/b7-5-,12-11-,15-14-,18-17-,21-20-,24-23-,39-37+. The van der Waals surface area contributed by atoms with Crippen LogP contribution in [-0.4, -0.2) is 140 Å². The largest absolute Gasteiger partial charge is 0.394 e. The summed E-state index contributed by atoms with van der Waals surface area (Å²) in [7, 11) is 0. The Balaban J connectivity index is 1.67. The molecule has 2 heterocycles. The van der Waals surface area contributed by atoms with Crippen LogP contribution in [0.2, 0.25) is 0 Å². The van der Waals surface area contributed by atoms with E-state index in [1.165, 1.54) is 44.9 Å². The second-order valence-electron chi connectivity index (χ2n) is 18.6. The van der Waals surface area contributed by atoms with Gasteiger partial charge in [0, 0.05) is 6.42 Å². The van der Waals surface area contributed by atoms with Gasteiger partial charge in [0.05, 0.1) is 32.0 Å². The molecular weight excluding hydrogens is 895 g/mol. The molecule has 0 bridgehead atoms. The van der Waals surface area contributed by atoms with Crippen LogP contribution in [0.1, 0.15) is 168 Å². The number of carbonyl (C=O) groups is 1. The van der Waals surface area contributed by atoms with Crippen molar-refractivity contribution in [1.82, 2.24) is 5.32 Å². The Morgan fingerprint density at radius 3 is 1.51 bits per heavy atom. The Bertz CT molecular complexity index is 1500. The Morgan fingerprint density at radius 1 is 0.529 bits per heavy atom. The summed E-state index contributed by atoms with van der Waals surface area (Å²) in [4.78, 5) is 13.1. The molecule has 12 atom stereocenters. The van der Waals surface area contributed by atoms with E-state index in [0.717, 1.165) is 96.3 Å². The van der Waals surface area contributed by atoms with E-state index in [2.05, 4.69) is 92.1 Å². The molecule has 2 rings (SSSR count). The van der Waals surface area contributed by atoms with E-state index in [9.17, 15) is 45.6 Å². The second kappa shape index (κ2) is 41.6. The first-order valence-corrected chi connectivity index (χ1v) is 26.8. The molecular formula is C56H95NO13. The number of hydrogen-bond donors (Lipinski definition) is 9. The molecule has 402 valence electrons. The molecule has 12 unspecified atom stereocenters. The van der Waals surface area contributed by atoms with Gasteiger partial charge in [0.15, 0.2) is 12.6 Å². The lowest BCUT2D eigenvalue weighted by Crippen LogP contribution is -2.65. The minimum atomic E-state index is -1.79. The number of nitrogens with one attached hydrogen (secondary N) is 1. The van der Waals surface area contributed by atoms with E-state index in [4.69, 9.17) is 18.9 Å². The normalized spacial score (nSPS) is 26.7. The van der Waals surface area contributed by atoms with E-state index >= 15 is 0 Å². The molecule has 0 spiro atoms. The van der Waals surface area contributed by atoms with Crippen LogP contribution < -0.4 is 5.32 Å². The molecule has 9 N–H and O–H groups in total. The molecule has 14 nitrogen and oxygen atoms in total. The first-order valence-electron chi connectivity index (χ1n) is 26.8. The highest BCUT2D eigenvalue weighted by atomic mass is 16.7. The first kappa shape index (κ1) is 63.3. The van der Waals surface area contributed by atoms with Crippen molar-refractivity contribution in [3.63, 3.8) is 0 Å². The monoisotopic (exact) mass is 990 g/mol. The van der Waals surface area contributed by atoms with Gasteiger partial charge in [-0.3, -0.25) is 4.79 Å². The number of rotatable bonds is 40. The fourth-order valence-electron chi connectivity index (χ4n) is 8.23. The van der Waals surface area contributed by atoms with Crippen LogP contribution in [0, 0.1) is 0 Å². The first-order chi connectivity index (χ1) is 34.1. The van der Waals surface area contributed by atoms with Gasteiger partial charge >= 0.3 is 0 Å². The SMILES string of the molecule is CC/C=C\C/C=C\C/C=C\C/C=C\C/C=C\C/C=C\CCCCCCCCCCCCC(=O)NC(COC1OC(CO)C(OC2OC(CO)C(O)C(O)C2O)C(O)C1O)C(O)/C=C/CCCCCCC. The lowest BCUT2D eigenvalue weighted by Gasteiger charge is -2.46. The van der Waals surface area contributed by atoms with Gasteiger partial charge in [-0.25, -0.2) is 0 Å². The van der Waals surface area contributed by atoms with Gasteiger partial charge in [-0.1, -0.05) is 176 Å². The maximum absolute atomic E-state index is 13.1. The van der Waals surface area contributed by atoms with E-state index in [1.54, 1.807) is 6.08 Å². The fourth-order valence-corrected chi connectivity index (χ4v) is 8.23. The summed E-state index contributed by atoms with van der Waals surface area (Å²) >= 11 is 0. The van der Waals surface area contributed by atoms with Crippen LogP contribution in [0.15, 0.2) is 85.1 Å². The number of aliphatic hydroxyl groups is 8. The average molecular weight is 990 g/mol. The molecule has 0 saturated carbocycles.